The average molecular weight is 380 g/mol. The normalized spacial score (nSPS) is 15.6. The Morgan fingerprint density at radius 1 is 1.36 bits per heavy atom. The second kappa shape index (κ2) is 8.39. The molecule has 2 aromatic rings. The molecule has 25 heavy (non-hydrogen) atoms. The smallest absolute Gasteiger partial charge is 0.183 e. The number of hydrogen-bond donors (Lipinski definition) is 2. The molecule has 6 heteroatoms. The van der Waals surface area contributed by atoms with Gasteiger partial charge in [0, 0.05) is 11.1 Å². The van der Waals surface area contributed by atoms with E-state index in [9.17, 15) is 0 Å². The lowest BCUT2D eigenvalue weighted by Gasteiger charge is -2.26. The number of ether oxygens (including phenoxy) is 1. The zero-order chi connectivity index (χ0) is 17.8. The van der Waals surface area contributed by atoms with Crippen LogP contribution in [0.3, 0.4) is 0 Å². The number of rotatable bonds is 6. The molecule has 0 bridgehead atoms. The summed E-state index contributed by atoms with van der Waals surface area (Å²) in [4.78, 5) is 5.21. The fraction of sp³-hybridized carbons (Fsp3) is 0.526. The second-order valence-electron chi connectivity index (χ2n) is 6.83. The lowest BCUT2D eigenvalue weighted by molar-refractivity contribution is 0.243. The number of benzene rings is 1. The monoisotopic (exact) mass is 379 g/mol. The van der Waals surface area contributed by atoms with Gasteiger partial charge in [0.2, 0.25) is 0 Å². The molecule has 0 aliphatic carbocycles. The Hall–Kier alpha value is -1.30. The minimum Gasteiger partial charge on any atom is -0.489 e. The summed E-state index contributed by atoms with van der Waals surface area (Å²) in [5, 5.41) is 6.94. The minimum absolute atomic E-state index is 0.141. The van der Waals surface area contributed by atoms with Crippen molar-refractivity contribution >= 4 is 28.6 Å². The minimum atomic E-state index is 0.141. The van der Waals surface area contributed by atoms with Crippen molar-refractivity contribution in [3.63, 3.8) is 0 Å². The molecule has 1 saturated heterocycles. The Kier molecular flexibility index (Phi) is 6.20. The SMILES string of the molecule is Cc1cc(NCc2cnc(Cl)s2)c(OC(C)C)cc1C1CCNCC1. The van der Waals surface area contributed by atoms with E-state index in [0.717, 1.165) is 29.4 Å². The maximum atomic E-state index is 6.11. The van der Waals surface area contributed by atoms with Gasteiger partial charge in [-0.15, -0.1) is 11.3 Å². The number of nitrogens with one attached hydrogen (secondary N) is 2. The number of halogens is 1. The van der Waals surface area contributed by atoms with Gasteiger partial charge in [-0.25, -0.2) is 4.98 Å². The van der Waals surface area contributed by atoms with Gasteiger partial charge in [-0.05, 0) is 75.9 Å². The summed E-state index contributed by atoms with van der Waals surface area (Å²) < 4.78 is 6.69. The van der Waals surface area contributed by atoms with Crippen molar-refractivity contribution in [2.24, 2.45) is 0 Å². The van der Waals surface area contributed by atoms with E-state index in [1.165, 1.54) is 35.3 Å². The van der Waals surface area contributed by atoms with E-state index in [4.69, 9.17) is 16.3 Å². The first-order valence-corrected chi connectivity index (χ1v) is 10.1. The Morgan fingerprint density at radius 2 is 2.12 bits per heavy atom. The fourth-order valence-corrected chi connectivity index (χ4v) is 4.23. The first-order valence-electron chi connectivity index (χ1n) is 8.89. The highest BCUT2D eigenvalue weighted by Gasteiger charge is 2.20. The van der Waals surface area contributed by atoms with Crippen LogP contribution in [0.25, 0.3) is 0 Å². The Labute approximate surface area is 159 Å². The molecule has 2 heterocycles. The molecular formula is C19H26ClN3OS. The molecule has 4 nitrogen and oxygen atoms in total. The highest BCUT2D eigenvalue weighted by Crippen LogP contribution is 2.36. The van der Waals surface area contributed by atoms with Crippen LogP contribution in [0.15, 0.2) is 18.3 Å². The van der Waals surface area contributed by atoms with E-state index >= 15 is 0 Å². The number of aryl methyl sites for hydroxylation is 1. The molecule has 1 aliphatic heterocycles. The number of nitrogens with zero attached hydrogens (tertiary/aromatic N) is 1. The quantitative estimate of drug-likeness (QED) is 0.743. The Morgan fingerprint density at radius 3 is 2.76 bits per heavy atom. The van der Waals surface area contributed by atoms with Crippen LogP contribution in [0.2, 0.25) is 4.47 Å². The van der Waals surface area contributed by atoms with Crippen molar-refractivity contribution in [2.45, 2.75) is 52.2 Å². The van der Waals surface area contributed by atoms with Crippen LogP contribution in [0.1, 0.15) is 48.6 Å². The van der Waals surface area contributed by atoms with Crippen molar-refractivity contribution in [3.05, 3.63) is 38.8 Å². The summed E-state index contributed by atoms with van der Waals surface area (Å²) in [5.41, 5.74) is 3.78. The van der Waals surface area contributed by atoms with Crippen molar-refractivity contribution < 1.29 is 4.74 Å². The Bertz CT molecular complexity index is 711. The van der Waals surface area contributed by atoms with Crippen LogP contribution >= 0.6 is 22.9 Å². The summed E-state index contributed by atoms with van der Waals surface area (Å²) in [7, 11) is 0. The van der Waals surface area contributed by atoms with Gasteiger partial charge in [-0.1, -0.05) is 11.6 Å². The molecule has 136 valence electrons. The van der Waals surface area contributed by atoms with Crippen molar-refractivity contribution in [2.75, 3.05) is 18.4 Å². The number of aromatic nitrogens is 1. The van der Waals surface area contributed by atoms with Gasteiger partial charge in [0.15, 0.2) is 4.47 Å². The summed E-state index contributed by atoms with van der Waals surface area (Å²) in [6, 6.07) is 4.46. The summed E-state index contributed by atoms with van der Waals surface area (Å²) in [6.07, 6.45) is 4.34. The van der Waals surface area contributed by atoms with Gasteiger partial charge in [0.1, 0.15) is 5.75 Å². The molecular weight excluding hydrogens is 354 g/mol. The largest absolute Gasteiger partial charge is 0.489 e. The molecule has 3 rings (SSSR count). The van der Waals surface area contributed by atoms with Crippen LogP contribution in [-0.2, 0) is 6.54 Å². The van der Waals surface area contributed by atoms with Crippen molar-refractivity contribution in [1.82, 2.24) is 10.3 Å². The molecule has 1 aliphatic rings. The van der Waals surface area contributed by atoms with E-state index in [-0.39, 0.29) is 6.10 Å². The molecule has 0 unspecified atom stereocenters. The van der Waals surface area contributed by atoms with E-state index in [0.29, 0.717) is 16.9 Å². The van der Waals surface area contributed by atoms with Gasteiger partial charge in [0.25, 0.3) is 0 Å². The highest BCUT2D eigenvalue weighted by molar-refractivity contribution is 7.15. The third-order valence-electron chi connectivity index (χ3n) is 4.49. The van der Waals surface area contributed by atoms with Crippen LogP contribution in [0.4, 0.5) is 5.69 Å². The maximum Gasteiger partial charge on any atom is 0.183 e. The van der Waals surface area contributed by atoms with E-state index in [2.05, 4.69) is 48.5 Å². The van der Waals surface area contributed by atoms with Gasteiger partial charge in [-0.3, -0.25) is 0 Å². The van der Waals surface area contributed by atoms with Crippen molar-refractivity contribution in [1.29, 1.82) is 0 Å². The molecule has 1 fully saturated rings. The first-order chi connectivity index (χ1) is 12.0. The lowest BCUT2D eigenvalue weighted by atomic mass is 9.87. The lowest BCUT2D eigenvalue weighted by Crippen LogP contribution is -2.27. The standard InChI is InChI=1S/C19H26ClN3OS/c1-12(2)24-18-9-16(14-4-6-21-7-5-14)13(3)8-17(18)22-10-15-11-23-19(20)25-15/h8-9,11-12,14,21-22H,4-7,10H2,1-3H3. The Balaban J connectivity index is 1.83. The molecule has 1 aromatic carbocycles. The zero-order valence-electron chi connectivity index (χ0n) is 15.1. The third-order valence-corrected chi connectivity index (χ3v) is 5.60. The molecule has 0 saturated carbocycles. The molecule has 0 amide bonds. The van der Waals surface area contributed by atoms with Crippen LogP contribution in [0, 0.1) is 6.92 Å². The third kappa shape index (κ3) is 4.87. The number of anilines is 1. The predicted molar refractivity (Wildman–Crippen MR) is 106 cm³/mol. The van der Waals surface area contributed by atoms with E-state index in [1.54, 1.807) is 0 Å². The van der Waals surface area contributed by atoms with Crippen LogP contribution in [-0.4, -0.2) is 24.2 Å². The molecule has 0 spiro atoms. The summed E-state index contributed by atoms with van der Waals surface area (Å²) in [6.45, 7) is 9.22. The summed E-state index contributed by atoms with van der Waals surface area (Å²) >= 11 is 7.42. The number of piperidine rings is 1. The predicted octanol–water partition coefficient (Wildman–Crippen LogP) is 4.97. The van der Waals surface area contributed by atoms with Crippen molar-refractivity contribution in [3.8, 4) is 5.75 Å². The molecule has 0 atom stereocenters. The molecule has 1 aromatic heterocycles. The zero-order valence-corrected chi connectivity index (χ0v) is 16.6. The maximum absolute atomic E-state index is 6.11. The van der Waals surface area contributed by atoms with Crippen LogP contribution < -0.4 is 15.4 Å². The van der Waals surface area contributed by atoms with E-state index < -0.39 is 0 Å². The van der Waals surface area contributed by atoms with E-state index in [1.807, 2.05) is 6.20 Å². The molecule has 0 radical (unpaired) electrons. The molecule has 2 N–H and O–H groups in total. The van der Waals surface area contributed by atoms with Crippen LogP contribution in [0.5, 0.6) is 5.75 Å². The summed E-state index contributed by atoms with van der Waals surface area (Å²) in [5.74, 6) is 1.55. The topological polar surface area (TPSA) is 46.2 Å². The average Bonchev–Trinajstić information content (AvgIpc) is 3.00. The first kappa shape index (κ1) is 18.5. The van der Waals surface area contributed by atoms with Gasteiger partial charge in [-0.2, -0.15) is 0 Å². The second-order valence-corrected chi connectivity index (χ2v) is 8.53. The number of hydrogen-bond acceptors (Lipinski definition) is 5. The highest BCUT2D eigenvalue weighted by atomic mass is 35.5. The van der Waals surface area contributed by atoms with Gasteiger partial charge in [0.05, 0.1) is 18.3 Å². The fourth-order valence-electron chi connectivity index (χ4n) is 3.31. The number of thiazole rings is 1. The van der Waals surface area contributed by atoms with Gasteiger partial charge >= 0.3 is 0 Å². The van der Waals surface area contributed by atoms with Gasteiger partial charge < -0.3 is 15.4 Å².